The third-order valence-corrected chi connectivity index (χ3v) is 7.99. The molecule has 6 aromatic rings. The Morgan fingerprint density at radius 3 is 2.15 bits per heavy atom. The number of imide groups is 1. The maximum absolute atomic E-state index is 14.2. The molecule has 2 heterocycles. The molecule has 0 bridgehead atoms. The molecule has 0 fully saturated rings. The summed E-state index contributed by atoms with van der Waals surface area (Å²) in [4.78, 5) is 29.4. The normalized spacial score (nSPS) is 12.8. The number of aromatic nitrogens is 1. The fraction of sp³-hybridized carbons (Fsp3) is 0.0833. The molecule has 0 N–H and O–H groups in total. The first kappa shape index (κ1) is 24.6. The number of rotatable bonds is 3. The van der Waals surface area contributed by atoms with Crippen LogP contribution in [0.3, 0.4) is 0 Å². The molecule has 0 radical (unpaired) electrons. The van der Waals surface area contributed by atoms with Crippen molar-refractivity contribution < 1.29 is 9.59 Å². The van der Waals surface area contributed by atoms with E-state index in [0.29, 0.717) is 28.1 Å². The monoisotopic (exact) mass is 531 g/mol. The molecule has 1 aliphatic rings. The third-order valence-electron chi connectivity index (χ3n) is 7.99. The summed E-state index contributed by atoms with van der Waals surface area (Å²) in [7, 11) is 0. The summed E-state index contributed by atoms with van der Waals surface area (Å²) < 4.78 is 2.09. The average molecular weight is 532 g/mol. The molecule has 0 saturated carbocycles. The molecule has 0 spiro atoms. The molecule has 2 amide bonds. The van der Waals surface area contributed by atoms with Crippen molar-refractivity contribution in [3.8, 4) is 22.9 Å². The van der Waals surface area contributed by atoms with Gasteiger partial charge in [-0.1, -0.05) is 66.2 Å². The SMILES string of the molecule is Cc1cc(C)c(N2C(=O)c3cccc(-n4c5ccccc5c5c(-c6cccc(C#N)c6)cccc54)c3C2=O)c(C)c1. The molecular weight excluding hydrogens is 506 g/mol. The lowest BCUT2D eigenvalue weighted by Gasteiger charge is -2.20. The second-order valence-corrected chi connectivity index (χ2v) is 10.6. The first-order valence-electron chi connectivity index (χ1n) is 13.5. The highest BCUT2D eigenvalue weighted by molar-refractivity contribution is 6.36. The van der Waals surface area contributed by atoms with Crippen molar-refractivity contribution in [2.75, 3.05) is 4.90 Å². The number of anilines is 1. The Morgan fingerprint density at radius 1 is 0.683 bits per heavy atom. The number of hydrogen-bond acceptors (Lipinski definition) is 3. The lowest BCUT2D eigenvalue weighted by Crippen LogP contribution is -2.31. The summed E-state index contributed by atoms with van der Waals surface area (Å²) in [6.45, 7) is 5.89. The van der Waals surface area contributed by atoms with Gasteiger partial charge >= 0.3 is 0 Å². The maximum atomic E-state index is 14.2. The molecule has 7 rings (SSSR count). The zero-order chi connectivity index (χ0) is 28.4. The van der Waals surface area contributed by atoms with Crippen LogP contribution in [0.4, 0.5) is 5.69 Å². The number of carbonyl (C=O) groups is 2. The standard InChI is InChI=1S/C36H25N3O2/c1-21-17-22(2)34(23(3)18-21)39-35(40)28-13-8-16-31(33(28)36(39)41)38-29-14-5-4-11-27(29)32-26(12-7-15-30(32)38)25-10-6-9-24(19-25)20-37/h4-19H,1-3H3. The number of nitrogens with zero attached hydrogens (tertiary/aromatic N) is 3. The van der Waals surface area contributed by atoms with E-state index in [-0.39, 0.29) is 11.8 Å². The Kier molecular flexibility index (Phi) is 5.42. The molecular formula is C36H25N3O2. The minimum atomic E-state index is -0.320. The first-order chi connectivity index (χ1) is 19.9. The van der Waals surface area contributed by atoms with Gasteiger partial charge in [0.1, 0.15) is 0 Å². The number of para-hydroxylation sites is 1. The van der Waals surface area contributed by atoms with Crippen LogP contribution in [-0.2, 0) is 0 Å². The van der Waals surface area contributed by atoms with E-state index < -0.39 is 0 Å². The van der Waals surface area contributed by atoms with Gasteiger partial charge in [-0.15, -0.1) is 0 Å². The van der Waals surface area contributed by atoms with Gasteiger partial charge in [0.05, 0.1) is 45.2 Å². The van der Waals surface area contributed by atoms with Crippen LogP contribution in [-0.4, -0.2) is 16.4 Å². The van der Waals surface area contributed by atoms with Gasteiger partial charge in [-0.25, -0.2) is 4.90 Å². The third kappa shape index (κ3) is 3.54. The van der Waals surface area contributed by atoms with Crippen LogP contribution >= 0.6 is 0 Å². The van der Waals surface area contributed by atoms with E-state index in [1.807, 2.05) is 93.6 Å². The van der Waals surface area contributed by atoms with Crippen molar-refractivity contribution in [1.29, 1.82) is 5.26 Å². The van der Waals surface area contributed by atoms with Crippen LogP contribution in [0.1, 0.15) is 43.0 Å². The Morgan fingerprint density at radius 2 is 1.37 bits per heavy atom. The summed E-state index contributed by atoms with van der Waals surface area (Å²) >= 11 is 0. The van der Waals surface area contributed by atoms with Crippen LogP contribution in [0, 0.1) is 32.1 Å². The minimum absolute atomic E-state index is 0.309. The summed E-state index contributed by atoms with van der Waals surface area (Å²) in [5.74, 6) is -0.629. The average Bonchev–Trinajstić information content (AvgIpc) is 3.44. The lowest BCUT2D eigenvalue weighted by molar-refractivity contribution is 0.0925. The zero-order valence-electron chi connectivity index (χ0n) is 22.9. The topological polar surface area (TPSA) is 66.1 Å². The summed E-state index contributed by atoms with van der Waals surface area (Å²) in [6, 6.07) is 33.5. The quantitative estimate of drug-likeness (QED) is 0.217. The maximum Gasteiger partial charge on any atom is 0.268 e. The van der Waals surface area contributed by atoms with E-state index in [1.54, 1.807) is 12.1 Å². The molecule has 41 heavy (non-hydrogen) atoms. The lowest BCUT2D eigenvalue weighted by atomic mass is 9.98. The Balaban J connectivity index is 1.51. The highest BCUT2D eigenvalue weighted by atomic mass is 16.2. The largest absolute Gasteiger partial charge is 0.308 e. The number of hydrogen-bond donors (Lipinski definition) is 0. The zero-order valence-corrected chi connectivity index (χ0v) is 22.9. The molecule has 5 aromatic carbocycles. The van der Waals surface area contributed by atoms with Crippen molar-refractivity contribution in [2.45, 2.75) is 20.8 Å². The number of aryl methyl sites for hydroxylation is 3. The summed E-state index contributed by atoms with van der Waals surface area (Å²) in [6.07, 6.45) is 0. The summed E-state index contributed by atoms with van der Waals surface area (Å²) in [5.41, 5.74) is 9.36. The Hall–Kier alpha value is -5.47. The van der Waals surface area contributed by atoms with Crippen molar-refractivity contribution in [3.63, 3.8) is 0 Å². The van der Waals surface area contributed by atoms with E-state index in [2.05, 4.69) is 22.8 Å². The van der Waals surface area contributed by atoms with Crippen molar-refractivity contribution in [3.05, 3.63) is 130 Å². The molecule has 5 nitrogen and oxygen atoms in total. The van der Waals surface area contributed by atoms with Crippen LogP contribution < -0.4 is 4.90 Å². The van der Waals surface area contributed by atoms with Gasteiger partial charge < -0.3 is 4.57 Å². The van der Waals surface area contributed by atoms with Gasteiger partial charge in [0, 0.05) is 10.8 Å². The highest BCUT2D eigenvalue weighted by Gasteiger charge is 2.40. The van der Waals surface area contributed by atoms with Gasteiger partial charge in [-0.3, -0.25) is 9.59 Å². The number of carbonyl (C=O) groups excluding carboxylic acids is 2. The molecule has 0 atom stereocenters. The molecule has 1 aromatic heterocycles. The molecule has 0 unspecified atom stereocenters. The summed E-state index contributed by atoms with van der Waals surface area (Å²) in [5, 5.41) is 11.6. The van der Waals surface area contributed by atoms with Crippen molar-refractivity contribution >= 4 is 39.3 Å². The van der Waals surface area contributed by atoms with Gasteiger partial charge in [-0.2, -0.15) is 5.26 Å². The van der Waals surface area contributed by atoms with Gasteiger partial charge in [0.25, 0.3) is 11.8 Å². The number of benzene rings is 5. The second-order valence-electron chi connectivity index (χ2n) is 10.6. The number of amides is 2. The predicted molar refractivity (Wildman–Crippen MR) is 163 cm³/mol. The van der Waals surface area contributed by atoms with Gasteiger partial charge in [0.15, 0.2) is 0 Å². The number of nitriles is 1. The van der Waals surface area contributed by atoms with E-state index in [0.717, 1.165) is 49.6 Å². The molecule has 5 heteroatoms. The van der Waals surface area contributed by atoms with E-state index >= 15 is 0 Å². The smallest absolute Gasteiger partial charge is 0.268 e. The molecule has 1 aliphatic heterocycles. The predicted octanol–water partition coefficient (Wildman–Crippen LogP) is 8.05. The highest BCUT2D eigenvalue weighted by Crippen LogP contribution is 2.42. The van der Waals surface area contributed by atoms with E-state index in [1.165, 1.54) is 4.90 Å². The van der Waals surface area contributed by atoms with E-state index in [4.69, 9.17) is 0 Å². The first-order valence-corrected chi connectivity index (χ1v) is 13.5. The van der Waals surface area contributed by atoms with Crippen LogP contribution in [0.2, 0.25) is 0 Å². The Bertz CT molecular complexity index is 2120. The fourth-order valence-electron chi connectivity index (χ4n) is 6.46. The van der Waals surface area contributed by atoms with E-state index in [9.17, 15) is 14.9 Å². The number of fused-ring (bicyclic) bond motifs is 4. The van der Waals surface area contributed by atoms with Gasteiger partial charge in [0.2, 0.25) is 0 Å². The van der Waals surface area contributed by atoms with Crippen LogP contribution in [0.15, 0.2) is 97.1 Å². The van der Waals surface area contributed by atoms with Crippen LogP contribution in [0.25, 0.3) is 38.6 Å². The Labute approximate surface area is 237 Å². The van der Waals surface area contributed by atoms with Gasteiger partial charge in [-0.05, 0) is 79.4 Å². The molecule has 196 valence electrons. The molecule has 0 aliphatic carbocycles. The molecule has 0 saturated heterocycles. The minimum Gasteiger partial charge on any atom is -0.308 e. The second kappa shape index (κ2) is 9.04. The van der Waals surface area contributed by atoms with Crippen LogP contribution in [0.5, 0.6) is 0 Å². The van der Waals surface area contributed by atoms with Crippen molar-refractivity contribution in [1.82, 2.24) is 4.57 Å². The van der Waals surface area contributed by atoms with Crippen molar-refractivity contribution in [2.24, 2.45) is 0 Å². The fourth-order valence-corrected chi connectivity index (χ4v) is 6.46.